The number of nitrogens with zero attached hydrogens (tertiary/aromatic N) is 3. The molecule has 3 N–H and O–H groups in total. The fraction of sp³-hybridized carbons (Fsp3) is 0.360. The number of aromatic carboxylic acids is 1. The van der Waals surface area contributed by atoms with Gasteiger partial charge in [0.05, 0.1) is 30.3 Å². The smallest absolute Gasteiger partial charge is 0.341 e. The van der Waals surface area contributed by atoms with Gasteiger partial charge >= 0.3 is 5.97 Å². The van der Waals surface area contributed by atoms with Crippen LogP contribution in [0.2, 0.25) is 0 Å². The molecule has 0 atom stereocenters. The van der Waals surface area contributed by atoms with E-state index in [1.54, 1.807) is 24.5 Å². The Labute approximate surface area is 205 Å². The number of thiophene rings is 1. The number of ether oxygens (including phenoxy) is 1. The largest absolute Gasteiger partial charge is 0.494 e. The number of carboxylic acid groups (broad SMARTS) is 1. The van der Waals surface area contributed by atoms with E-state index >= 15 is 0 Å². The normalized spacial score (nSPS) is 18.3. The van der Waals surface area contributed by atoms with Crippen LogP contribution in [0.15, 0.2) is 39.3 Å². The highest BCUT2D eigenvalue weighted by atomic mass is 32.1. The third-order valence-corrected chi connectivity index (χ3v) is 7.92. The van der Waals surface area contributed by atoms with Gasteiger partial charge in [-0.25, -0.2) is 15.2 Å². The fourth-order valence-electron chi connectivity index (χ4n) is 4.86. The van der Waals surface area contributed by atoms with Crippen molar-refractivity contribution in [3.8, 4) is 16.2 Å². The second-order valence-corrected chi connectivity index (χ2v) is 10.1. The van der Waals surface area contributed by atoms with Gasteiger partial charge in [0.15, 0.2) is 5.75 Å². The molecule has 2 aliphatic carbocycles. The van der Waals surface area contributed by atoms with Crippen molar-refractivity contribution in [3.05, 3.63) is 50.6 Å². The number of benzene rings is 1. The van der Waals surface area contributed by atoms with Gasteiger partial charge in [-0.05, 0) is 50.3 Å². The van der Waals surface area contributed by atoms with Crippen molar-refractivity contribution in [3.63, 3.8) is 0 Å². The summed E-state index contributed by atoms with van der Waals surface area (Å²) in [6, 6.07) is 5.93. The molecule has 9 nitrogen and oxygen atoms in total. The first-order chi connectivity index (χ1) is 17.0. The van der Waals surface area contributed by atoms with Gasteiger partial charge in [0.2, 0.25) is 11.4 Å². The van der Waals surface area contributed by atoms with Crippen LogP contribution in [0.4, 0.5) is 0 Å². The Hall–Kier alpha value is -3.66. The molecule has 6 rings (SSSR count). The zero-order valence-electron chi connectivity index (χ0n) is 19.3. The topological polar surface area (TPSA) is 117 Å². The van der Waals surface area contributed by atoms with E-state index in [1.165, 1.54) is 11.1 Å². The second kappa shape index (κ2) is 8.53. The molecule has 1 aromatic carbocycles. The maximum atomic E-state index is 13.0. The highest BCUT2D eigenvalue weighted by Gasteiger charge is 2.30. The Balaban J connectivity index is 1.48. The first-order valence-corrected chi connectivity index (χ1v) is 12.6. The third kappa shape index (κ3) is 3.78. The summed E-state index contributed by atoms with van der Waals surface area (Å²) in [6.07, 6.45) is 6.28. The van der Waals surface area contributed by atoms with E-state index in [0.29, 0.717) is 22.6 Å². The molecular formula is C25H25N5O4S. The van der Waals surface area contributed by atoms with E-state index in [0.717, 1.165) is 66.9 Å². The molecule has 3 heterocycles. The van der Waals surface area contributed by atoms with Crippen LogP contribution >= 0.6 is 11.3 Å². The number of hydrogen-bond acceptors (Lipinski definition) is 8. The molecule has 0 bridgehead atoms. The summed E-state index contributed by atoms with van der Waals surface area (Å²) in [5.41, 5.74) is 6.06. The lowest BCUT2D eigenvalue weighted by molar-refractivity contribution is 0.0695. The molecule has 0 saturated heterocycles. The Morgan fingerprint density at radius 1 is 1.31 bits per heavy atom. The van der Waals surface area contributed by atoms with Crippen molar-refractivity contribution >= 4 is 39.9 Å². The van der Waals surface area contributed by atoms with Crippen molar-refractivity contribution in [2.75, 3.05) is 20.2 Å². The average molecular weight is 492 g/mol. The van der Waals surface area contributed by atoms with Crippen molar-refractivity contribution < 1.29 is 14.6 Å². The van der Waals surface area contributed by atoms with E-state index < -0.39 is 11.4 Å². The van der Waals surface area contributed by atoms with Crippen LogP contribution in [-0.4, -0.2) is 47.5 Å². The lowest BCUT2D eigenvalue weighted by Gasteiger charge is -2.17. The highest BCUT2D eigenvalue weighted by Crippen LogP contribution is 2.45. The standard InChI is InChI=1S/C25H25N5O4S/c1-34-23-14(7-8-15-21(23)30(13-5-6-13)12-17(22(15)31)24(32)33)20-11-16-18(3-2-4-19(16)35-20)28-29-25-26-9-10-27-25/h7-8,11-13H,2-6,9-10H2,1H3,(H,32,33)(H2,26,27,29)/b28-18+. The van der Waals surface area contributed by atoms with Gasteiger partial charge in [-0.15, -0.1) is 11.3 Å². The number of nitrogens with one attached hydrogen (secondary N) is 2. The molecule has 3 aliphatic rings. The predicted molar refractivity (Wildman–Crippen MR) is 136 cm³/mol. The van der Waals surface area contributed by atoms with E-state index in [4.69, 9.17) is 4.74 Å². The van der Waals surface area contributed by atoms with Gasteiger partial charge in [0, 0.05) is 39.7 Å². The predicted octanol–water partition coefficient (Wildman–Crippen LogP) is 3.36. The van der Waals surface area contributed by atoms with Crippen molar-refractivity contribution in [1.29, 1.82) is 0 Å². The number of guanidine groups is 1. The number of hydrazone groups is 1. The molecule has 0 spiro atoms. The van der Waals surface area contributed by atoms with Gasteiger partial charge in [-0.1, -0.05) is 0 Å². The number of aliphatic imine (C=N–C) groups is 1. The van der Waals surface area contributed by atoms with Crippen molar-refractivity contribution in [2.45, 2.75) is 38.1 Å². The van der Waals surface area contributed by atoms with Crippen LogP contribution < -0.4 is 20.9 Å². The number of methoxy groups -OCH3 is 1. The van der Waals surface area contributed by atoms with Crippen molar-refractivity contribution in [2.24, 2.45) is 10.1 Å². The maximum absolute atomic E-state index is 13.0. The summed E-state index contributed by atoms with van der Waals surface area (Å²) in [5.74, 6) is 0.0951. The van der Waals surface area contributed by atoms with Crippen LogP contribution in [0.5, 0.6) is 5.75 Å². The number of carboxylic acids is 1. The summed E-state index contributed by atoms with van der Waals surface area (Å²) in [6.45, 7) is 1.57. The molecule has 1 fully saturated rings. The summed E-state index contributed by atoms with van der Waals surface area (Å²) in [7, 11) is 1.60. The van der Waals surface area contributed by atoms with Gasteiger partial charge in [0.25, 0.3) is 0 Å². The Bertz CT molecular complexity index is 1480. The first kappa shape index (κ1) is 21.8. The summed E-state index contributed by atoms with van der Waals surface area (Å²) >= 11 is 1.71. The summed E-state index contributed by atoms with van der Waals surface area (Å²) in [5, 5.41) is 17.8. The Kier molecular flexibility index (Phi) is 5.32. The number of hydrogen-bond donors (Lipinski definition) is 3. The molecule has 0 radical (unpaired) electrons. The molecular weight excluding hydrogens is 466 g/mol. The number of aryl methyl sites for hydroxylation is 1. The van der Waals surface area contributed by atoms with E-state index in [9.17, 15) is 14.7 Å². The van der Waals surface area contributed by atoms with E-state index in [2.05, 4.69) is 26.9 Å². The third-order valence-electron chi connectivity index (χ3n) is 6.70. The first-order valence-electron chi connectivity index (χ1n) is 11.8. The molecule has 0 amide bonds. The van der Waals surface area contributed by atoms with Gasteiger partial charge < -0.3 is 19.7 Å². The minimum atomic E-state index is -1.21. The Morgan fingerprint density at radius 2 is 2.17 bits per heavy atom. The van der Waals surface area contributed by atoms with E-state index in [-0.39, 0.29) is 11.6 Å². The number of carbonyl (C=O) groups is 1. The quantitative estimate of drug-likeness (QED) is 0.471. The van der Waals surface area contributed by atoms with Gasteiger partial charge in [-0.3, -0.25) is 4.79 Å². The minimum absolute atomic E-state index is 0.175. The Morgan fingerprint density at radius 3 is 2.89 bits per heavy atom. The van der Waals surface area contributed by atoms with Gasteiger partial charge in [-0.2, -0.15) is 5.10 Å². The molecule has 0 unspecified atom stereocenters. The SMILES string of the molecule is COc1c(-c2cc3c(s2)CCC/C3=N\NC2=NCCN2)ccc2c(=O)c(C(=O)O)cn(C3CC3)c12. The monoisotopic (exact) mass is 491 g/mol. The van der Waals surface area contributed by atoms with Crippen molar-refractivity contribution in [1.82, 2.24) is 15.3 Å². The number of pyridine rings is 1. The maximum Gasteiger partial charge on any atom is 0.341 e. The molecule has 2 aromatic heterocycles. The highest BCUT2D eigenvalue weighted by molar-refractivity contribution is 7.16. The summed E-state index contributed by atoms with van der Waals surface area (Å²) < 4.78 is 7.81. The number of aromatic nitrogens is 1. The lowest BCUT2D eigenvalue weighted by Crippen LogP contribution is -2.31. The van der Waals surface area contributed by atoms with Gasteiger partial charge in [0.1, 0.15) is 5.56 Å². The molecule has 10 heteroatoms. The van der Waals surface area contributed by atoms with Crippen LogP contribution in [0.1, 0.15) is 52.5 Å². The average Bonchev–Trinajstić information content (AvgIpc) is 3.38. The molecule has 1 saturated carbocycles. The molecule has 35 heavy (non-hydrogen) atoms. The number of rotatable bonds is 5. The number of fused-ring (bicyclic) bond motifs is 2. The lowest BCUT2D eigenvalue weighted by atomic mass is 9.96. The molecule has 1 aliphatic heterocycles. The van der Waals surface area contributed by atoms with Crippen LogP contribution in [-0.2, 0) is 6.42 Å². The molecule has 180 valence electrons. The van der Waals surface area contributed by atoms with E-state index in [1.807, 2.05) is 10.6 Å². The van der Waals surface area contributed by atoms with Crippen LogP contribution in [0, 0.1) is 0 Å². The zero-order chi connectivity index (χ0) is 24.1. The van der Waals surface area contributed by atoms with Crippen LogP contribution in [0.25, 0.3) is 21.3 Å². The summed E-state index contributed by atoms with van der Waals surface area (Å²) in [4.78, 5) is 31.3. The van der Waals surface area contributed by atoms with Crippen LogP contribution in [0.3, 0.4) is 0 Å². The fourth-order valence-corrected chi connectivity index (χ4v) is 6.11. The zero-order valence-corrected chi connectivity index (χ0v) is 20.1. The minimum Gasteiger partial charge on any atom is -0.494 e. The second-order valence-electron chi connectivity index (χ2n) is 8.99. The molecule has 3 aromatic rings.